The Morgan fingerprint density at radius 3 is 2.67 bits per heavy atom. The number of nitrogens with zero attached hydrogens (tertiary/aromatic N) is 3. The number of carbonyl (C=O) groups excluding carboxylic acids is 1. The van der Waals surface area contributed by atoms with E-state index in [1.165, 1.54) is 24.4 Å². The molecule has 0 unspecified atom stereocenters. The van der Waals surface area contributed by atoms with Crippen molar-refractivity contribution in [1.82, 2.24) is 15.2 Å². The summed E-state index contributed by atoms with van der Waals surface area (Å²) in [5.74, 6) is -1.20. The summed E-state index contributed by atoms with van der Waals surface area (Å²) in [4.78, 5) is 12.0. The van der Waals surface area contributed by atoms with Gasteiger partial charge in [-0.3, -0.25) is 9.48 Å². The first-order valence-corrected chi connectivity index (χ1v) is 8.70. The predicted octanol–water partition coefficient (Wildman–Crippen LogP) is 4.10. The summed E-state index contributed by atoms with van der Waals surface area (Å²) in [6.07, 6.45) is 1.51. The minimum absolute atomic E-state index is 0.0579. The number of halogens is 2. The van der Waals surface area contributed by atoms with Crippen molar-refractivity contribution in [2.24, 2.45) is 5.10 Å². The van der Waals surface area contributed by atoms with E-state index in [1.54, 1.807) is 6.07 Å². The van der Waals surface area contributed by atoms with Gasteiger partial charge in [-0.05, 0) is 37.6 Å². The van der Waals surface area contributed by atoms with Gasteiger partial charge in [0.1, 0.15) is 5.82 Å². The molecule has 3 aromatic rings. The van der Waals surface area contributed by atoms with Gasteiger partial charge in [0.05, 0.1) is 24.0 Å². The highest BCUT2D eigenvalue weighted by atomic mass is 35.5. The van der Waals surface area contributed by atoms with Gasteiger partial charge in [-0.1, -0.05) is 41.9 Å². The van der Waals surface area contributed by atoms with E-state index in [0.29, 0.717) is 11.6 Å². The third kappa shape index (κ3) is 4.23. The molecule has 0 fully saturated rings. The lowest BCUT2D eigenvalue weighted by atomic mass is 10.2. The van der Waals surface area contributed by atoms with Crippen LogP contribution in [0.3, 0.4) is 0 Å². The van der Waals surface area contributed by atoms with Gasteiger partial charge < -0.3 is 0 Å². The van der Waals surface area contributed by atoms with Gasteiger partial charge in [0.15, 0.2) is 0 Å². The summed E-state index contributed by atoms with van der Waals surface area (Å²) in [5, 5.41) is 9.14. The normalized spacial score (nSPS) is 11.1. The molecule has 5 nitrogen and oxygen atoms in total. The molecule has 0 aliphatic rings. The van der Waals surface area contributed by atoms with Crippen molar-refractivity contribution >= 4 is 23.7 Å². The second-order valence-electron chi connectivity index (χ2n) is 6.01. The smallest absolute Gasteiger partial charge is 0.267 e. The molecule has 2 aromatic carbocycles. The van der Waals surface area contributed by atoms with Crippen molar-refractivity contribution in [3.63, 3.8) is 0 Å². The number of carbonyl (C=O) groups is 1. The Morgan fingerprint density at radius 2 is 1.93 bits per heavy atom. The van der Waals surface area contributed by atoms with E-state index in [9.17, 15) is 9.18 Å². The second kappa shape index (κ2) is 8.14. The van der Waals surface area contributed by atoms with E-state index in [2.05, 4.69) is 15.6 Å². The Bertz CT molecular complexity index is 1010. The molecule has 27 heavy (non-hydrogen) atoms. The molecule has 0 aliphatic carbocycles. The van der Waals surface area contributed by atoms with Gasteiger partial charge in [0, 0.05) is 16.3 Å². The number of amides is 1. The number of aryl methyl sites for hydroxylation is 1. The molecule has 3 rings (SSSR count). The molecule has 1 aromatic heterocycles. The van der Waals surface area contributed by atoms with E-state index in [4.69, 9.17) is 11.6 Å². The van der Waals surface area contributed by atoms with Crippen molar-refractivity contribution in [2.45, 2.75) is 20.4 Å². The second-order valence-corrected chi connectivity index (χ2v) is 6.42. The zero-order valence-electron chi connectivity index (χ0n) is 14.9. The van der Waals surface area contributed by atoms with Crippen LogP contribution in [0.1, 0.15) is 32.9 Å². The highest BCUT2D eigenvalue weighted by Gasteiger charge is 2.12. The summed E-state index contributed by atoms with van der Waals surface area (Å²) in [5.41, 5.74) is 5.69. The fraction of sp³-hybridized carbons (Fsp3) is 0.150. The molecule has 0 spiro atoms. The van der Waals surface area contributed by atoms with Crippen LogP contribution in [0.25, 0.3) is 0 Å². The molecule has 7 heteroatoms. The minimum Gasteiger partial charge on any atom is -0.267 e. The summed E-state index contributed by atoms with van der Waals surface area (Å²) >= 11 is 6.22. The molecule has 0 bridgehead atoms. The Labute approximate surface area is 161 Å². The molecular formula is C20H18ClFN4O. The number of rotatable bonds is 5. The van der Waals surface area contributed by atoms with Crippen LogP contribution in [0.4, 0.5) is 4.39 Å². The average molecular weight is 385 g/mol. The van der Waals surface area contributed by atoms with E-state index in [0.717, 1.165) is 22.5 Å². The number of aromatic nitrogens is 2. The molecule has 0 radical (unpaired) electrons. The predicted molar refractivity (Wildman–Crippen MR) is 104 cm³/mol. The lowest BCUT2D eigenvalue weighted by Gasteiger charge is -2.06. The average Bonchev–Trinajstić information content (AvgIpc) is 2.91. The quantitative estimate of drug-likeness (QED) is 0.531. The molecule has 1 N–H and O–H groups in total. The van der Waals surface area contributed by atoms with E-state index in [-0.39, 0.29) is 5.56 Å². The molecular weight excluding hydrogens is 367 g/mol. The van der Waals surface area contributed by atoms with Crippen molar-refractivity contribution in [1.29, 1.82) is 0 Å². The molecule has 0 saturated heterocycles. The van der Waals surface area contributed by atoms with Crippen LogP contribution in [0, 0.1) is 19.7 Å². The maximum Gasteiger partial charge on any atom is 0.274 e. The van der Waals surface area contributed by atoms with Crippen LogP contribution in [-0.2, 0) is 6.54 Å². The maximum absolute atomic E-state index is 13.6. The largest absolute Gasteiger partial charge is 0.274 e. The van der Waals surface area contributed by atoms with Gasteiger partial charge in [-0.25, -0.2) is 9.82 Å². The molecule has 1 heterocycles. The fourth-order valence-corrected chi connectivity index (χ4v) is 2.90. The van der Waals surface area contributed by atoms with Crippen LogP contribution in [0.5, 0.6) is 0 Å². The third-order valence-electron chi connectivity index (χ3n) is 4.19. The third-order valence-corrected chi connectivity index (χ3v) is 4.56. The SMILES string of the molecule is Cc1nn(Cc2ccccc2Cl)c(C)c1/C=N\NC(=O)c1ccccc1F. The van der Waals surface area contributed by atoms with Gasteiger partial charge in [0.25, 0.3) is 5.91 Å². The maximum atomic E-state index is 13.6. The number of hydrazone groups is 1. The summed E-state index contributed by atoms with van der Waals surface area (Å²) in [7, 11) is 0. The first-order chi connectivity index (χ1) is 13.0. The Morgan fingerprint density at radius 1 is 1.22 bits per heavy atom. The van der Waals surface area contributed by atoms with E-state index in [1.807, 2.05) is 42.8 Å². The molecule has 0 atom stereocenters. The van der Waals surface area contributed by atoms with Crippen molar-refractivity contribution in [3.05, 3.63) is 87.4 Å². The Hall–Kier alpha value is -2.99. The summed E-state index contributed by atoms with van der Waals surface area (Å²) in [6.45, 7) is 4.30. The van der Waals surface area contributed by atoms with Crippen LogP contribution in [-0.4, -0.2) is 21.9 Å². The number of hydrogen-bond donors (Lipinski definition) is 1. The number of hydrogen-bond acceptors (Lipinski definition) is 3. The number of benzene rings is 2. The standard InChI is InChI=1S/C20H18ClFN4O/c1-13-17(11-23-24-20(27)16-8-4-6-10-19(16)22)14(2)26(25-13)12-15-7-3-5-9-18(15)21/h3-11H,12H2,1-2H3,(H,24,27)/b23-11-. The van der Waals surface area contributed by atoms with Crippen molar-refractivity contribution < 1.29 is 9.18 Å². The number of nitrogens with one attached hydrogen (secondary N) is 1. The van der Waals surface area contributed by atoms with Crippen LogP contribution in [0.2, 0.25) is 5.02 Å². The minimum atomic E-state index is -0.608. The molecule has 1 amide bonds. The topological polar surface area (TPSA) is 59.3 Å². The van der Waals surface area contributed by atoms with E-state index < -0.39 is 11.7 Å². The molecule has 0 aliphatic heterocycles. The lowest BCUT2D eigenvalue weighted by Crippen LogP contribution is -2.19. The van der Waals surface area contributed by atoms with Crippen molar-refractivity contribution in [2.75, 3.05) is 0 Å². The summed E-state index contributed by atoms with van der Waals surface area (Å²) in [6, 6.07) is 13.3. The van der Waals surface area contributed by atoms with Gasteiger partial charge in [0.2, 0.25) is 0 Å². The Balaban J connectivity index is 1.75. The Kier molecular flexibility index (Phi) is 5.66. The van der Waals surface area contributed by atoms with Crippen LogP contribution >= 0.6 is 11.6 Å². The highest BCUT2D eigenvalue weighted by molar-refractivity contribution is 6.31. The first kappa shape index (κ1) is 18.8. The lowest BCUT2D eigenvalue weighted by molar-refractivity contribution is 0.0951. The first-order valence-electron chi connectivity index (χ1n) is 8.32. The van der Waals surface area contributed by atoms with Gasteiger partial charge in [-0.2, -0.15) is 10.2 Å². The van der Waals surface area contributed by atoms with Gasteiger partial charge in [-0.15, -0.1) is 0 Å². The monoisotopic (exact) mass is 384 g/mol. The molecule has 138 valence electrons. The zero-order chi connectivity index (χ0) is 19.4. The van der Waals surface area contributed by atoms with Crippen LogP contribution in [0.15, 0.2) is 53.6 Å². The molecule has 0 saturated carbocycles. The highest BCUT2D eigenvalue weighted by Crippen LogP contribution is 2.18. The zero-order valence-corrected chi connectivity index (χ0v) is 15.7. The van der Waals surface area contributed by atoms with Crippen molar-refractivity contribution in [3.8, 4) is 0 Å². The van der Waals surface area contributed by atoms with E-state index >= 15 is 0 Å². The van der Waals surface area contributed by atoms with Crippen LogP contribution < -0.4 is 5.43 Å². The fourth-order valence-electron chi connectivity index (χ4n) is 2.70. The van der Waals surface area contributed by atoms with Gasteiger partial charge >= 0.3 is 0 Å². The summed E-state index contributed by atoms with van der Waals surface area (Å²) < 4.78 is 15.5.